The lowest BCUT2D eigenvalue weighted by Crippen LogP contribution is -3.00. The molecule has 0 bridgehead atoms. The average molecular weight is 451 g/mol. The Morgan fingerprint density at radius 3 is 1.38 bits per heavy atom. The normalized spacial score (nSPS) is 16.4. The van der Waals surface area contributed by atoms with Crippen molar-refractivity contribution >= 4 is 11.8 Å². The van der Waals surface area contributed by atoms with Crippen molar-refractivity contribution in [2.24, 2.45) is 0 Å². The maximum Gasteiger partial charge on any atom is 0.0878 e. The molecule has 1 nitrogen and oxygen atoms in total. The summed E-state index contributed by atoms with van der Waals surface area (Å²) < 4.78 is 1.45. The molecule has 1 heterocycles. The second kappa shape index (κ2) is 19.1. The van der Waals surface area contributed by atoms with Crippen LogP contribution in [0.15, 0.2) is 0 Å². The van der Waals surface area contributed by atoms with Gasteiger partial charge in [0, 0.05) is 11.5 Å². The van der Waals surface area contributed by atoms with Crippen molar-refractivity contribution in [3.63, 3.8) is 0 Å². The van der Waals surface area contributed by atoms with Crippen LogP contribution < -0.4 is 17.0 Å². The molecule has 0 saturated carbocycles. The smallest absolute Gasteiger partial charge is 0.0878 e. The van der Waals surface area contributed by atoms with Gasteiger partial charge in [-0.05, 0) is 19.3 Å². The molecule has 0 spiro atoms. The molecule has 0 radical (unpaired) electrons. The highest BCUT2D eigenvalue weighted by molar-refractivity contribution is 7.99. The summed E-state index contributed by atoms with van der Waals surface area (Å²) in [5, 5.41) is 0. The summed E-state index contributed by atoms with van der Waals surface area (Å²) in [5.41, 5.74) is 0. The predicted molar refractivity (Wildman–Crippen MR) is 118 cm³/mol. The van der Waals surface area contributed by atoms with Gasteiger partial charge in [-0.3, -0.25) is 0 Å². The zero-order valence-corrected chi connectivity index (χ0v) is 20.5. The molecule has 1 aliphatic heterocycles. The van der Waals surface area contributed by atoms with E-state index in [1.54, 1.807) is 0 Å². The van der Waals surface area contributed by atoms with Crippen LogP contribution in [0.5, 0.6) is 0 Å². The van der Waals surface area contributed by atoms with E-state index < -0.39 is 0 Å². The molecule has 158 valence electrons. The van der Waals surface area contributed by atoms with E-state index in [1.807, 2.05) is 0 Å². The number of nitrogens with zero attached hydrogens (tertiary/aromatic N) is 1. The first kappa shape index (κ1) is 26.8. The van der Waals surface area contributed by atoms with Crippen molar-refractivity contribution in [3.8, 4) is 0 Å². The average Bonchev–Trinajstić information content (AvgIpc) is 2.63. The lowest BCUT2D eigenvalue weighted by Gasteiger charge is -2.41. The van der Waals surface area contributed by atoms with Crippen molar-refractivity contribution in [1.82, 2.24) is 0 Å². The molecule has 0 aliphatic carbocycles. The van der Waals surface area contributed by atoms with Crippen LogP contribution in [-0.2, 0) is 0 Å². The number of unbranched alkanes of at least 4 members (excludes halogenated alkanes) is 13. The Morgan fingerprint density at radius 2 is 0.962 bits per heavy atom. The molecular formula is C23H48BrNS. The molecule has 26 heavy (non-hydrogen) atoms. The lowest BCUT2D eigenvalue weighted by molar-refractivity contribution is -0.925. The van der Waals surface area contributed by atoms with Crippen LogP contribution in [0.25, 0.3) is 0 Å². The maximum absolute atomic E-state index is 2.37. The van der Waals surface area contributed by atoms with Crippen molar-refractivity contribution in [2.75, 3.05) is 37.7 Å². The first-order chi connectivity index (χ1) is 12.3. The molecule has 0 amide bonds. The van der Waals surface area contributed by atoms with E-state index in [0.29, 0.717) is 0 Å². The second-order valence-electron chi connectivity index (χ2n) is 8.44. The van der Waals surface area contributed by atoms with Gasteiger partial charge in [0.1, 0.15) is 0 Å². The Bertz CT molecular complexity index is 274. The number of quaternary nitrogens is 1. The van der Waals surface area contributed by atoms with Crippen LogP contribution in [0.2, 0.25) is 0 Å². The maximum atomic E-state index is 2.37. The van der Waals surface area contributed by atoms with Gasteiger partial charge in [-0.1, -0.05) is 90.9 Å². The molecule has 0 aromatic heterocycles. The SMILES string of the molecule is CCCCCCCCCCCCCCCC[N+]1(CCC)CCSCC1.[Br-]. The Morgan fingerprint density at radius 1 is 0.538 bits per heavy atom. The fraction of sp³-hybridized carbons (Fsp3) is 1.00. The summed E-state index contributed by atoms with van der Waals surface area (Å²) in [6.45, 7) is 10.4. The standard InChI is InChI=1S/C23H48NS.BrH/c1-3-5-6-7-8-9-10-11-12-13-14-15-16-17-19-24(18-4-2)20-22-25-23-21-24;/h3-23H2,1-2H3;1H/q+1;/p-1. The highest BCUT2D eigenvalue weighted by Crippen LogP contribution is 2.21. The molecule has 3 heteroatoms. The van der Waals surface area contributed by atoms with E-state index in [1.165, 1.54) is 138 Å². The minimum Gasteiger partial charge on any atom is -1.00 e. The van der Waals surface area contributed by atoms with Crippen molar-refractivity contribution in [2.45, 2.75) is 110 Å². The number of thioether (sulfide) groups is 1. The van der Waals surface area contributed by atoms with Gasteiger partial charge in [0.25, 0.3) is 0 Å². The van der Waals surface area contributed by atoms with Gasteiger partial charge in [-0.15, -0.1) is 0 Å². The minimum absolute atomic E-state index is 0. The van der Waals surface area contributed by atoms with Crippen molar-refractivity contribution in [3.05, 3.63) is 0 Å². The van der Waals surface area contributed by atoms with Crippen LogP contribution in [0.3, 0.4) is 0 Å². The van der Waals surface area contributed by atoms with Gasteiger partial charge in [-0.2, -0.15) is 11.8 Å². The first-order valence-corrected chi connectivity index (χ1v) is 12.9. The fourth-order valence-corrected chi connectivity index (χ4v) is 5.64. The van der Waals surface area contributed by atoms with Crippen molar-refractivity contribution < 1.29 is 21.5 Å². The molecule has 0 aromatic carbocycles. The first-order valence-electron chi connectivity index (χ1n) is 11.8. The van der Waals surface area contributed by atoms with E-state index >= 15 is 0 Å². The summed E-state index contributed by atoms with van der Waals surface area (Å²) in [6.07, 6.45) is 22.0. The largest absolute Gasteiger partial charge is 1.00 e. The van der Waals surface area contributed by atoms with Gasteiger partial charge < -0.3 is 21.5 Å². The van der Waals surface area contributed by atoms with E-state index in [-0.39, 0.29) is 17.0 Å². The van der Waals surface area contributed by atoms with Crippen LogP contribution in [0.1, 0.15) is 110 Å². The molecular weight excluding hydrogens is 402 g/mol. The second-order valence-corrected chi connectivity index (χ2v) is 9.67. The minimum atomic E-state index is 0. The van der Waals surface area contributed by atoms with Crippen LogP contribution in [0, 0.1) is 0 Å². The molecule has 1 saturated heterocycles. The van der Waals surface area contributed by atoms with Gasteiger partial charge in [0.15, 0.2) is 0 Å². The molecule has 0 aromatic rings. The van der Waals surface area contributed by atoms with E-state index in [0.717, 1.165) is 0 Å². The van der Waals surface area contributed by atoms with Crippen LogP contribution in [-0.4, -0.2) is 42.2 Å². The zero-order valence-electron chi connectivity index (χ0n) is 18.1. The Balaban J connectivity index is 0.00000625. The molecule has 0 unspecified atom stereocenters. The summed E-state index contributed by atoms with van der Waals surface area (Å²) in [4.78, 5) is 0. The fourth-order valence-electron chi connectivity index (χ4n) is 4.41. The zero-order chi connectivity index (χ0) is 18.1. The number of halogens is 1. The van der Waals surface area contributed by atoms with E-state index in [2.05, 4.69) is 25.6 Å². The van der Waals surface area contributed by atoms with Crippen molar-refractivity contribution in [1.29, 1.82) is 0 Å². The highest BCUT2D eigenvalue weighted by Gasteiger charge is 2.28. The molecule has 1 rings (SSSR count). The topological polar surface area (TPSA) is 0 Å². The predicted octanol–water partition coefficient (Wildman–Crippen LogP) is 4.45. The monoisotopic (exact) mass is 449 g/mol. The van der Waals surface area contributed by atoms with Gasteiger partial charge in [-0.25, -0.2) is 0 Å². The molecule has 1 fully saturated rings. The summed E-state index contributed by atoms with van der Waals surface area (Å²) >= 11 is 2.17. The molecule has 0 N–H and O–H groups in total. The highest BCUT2D eigenvalue weighted by atomic mass is 79.9. The Hall–Kier alpha value is 0.790. The van der Waals surface area contributed by atoms with Gasteiger partial charge in [0.2, 0.25) is 0 Å². The van der Waals surface area contributed by atoms with Crippen LogP contribution >= 0.6 is 11.8 Å². The Kier molecular flexibility index (Phi) is 19.7. The summed E-state index contributed by atoms with van der Waals surface area (Å²) in [6, 6.07) is 0. The third-order valence-corrected chi connectivity index (χ3v) is 7.05. The number of hydrogen-bond donors (Lipinski definition) is 0. The molecule has 1 aliphatic rings. The third kappa shape index (κ3) is 13.9. The van der Waals surface area contributed by atoms with Gasteiger partial charge in [0.05, 0.1) is 26.2 Å². The summed E-state index contributed by atoms with van der Waals surface area (Å²) in [7, 11) is 0. The molecule has 0 atom stereocenters. The number of rotatable bonds is 17. The summed E-state index contributed by atoms with van der Waals surface area (Å²) in [5.74, 6) is 2.80. The Labute approximate surface area is 180 Å². The third-order valence-electron chi connectivity index (χ3n) is 6.10. The number of hydrogen-bond acceptors (Lipinski definition) is 1. The van der Waals surface area contributed by atoms with E-state index in [4.69, 9.17) is 0 Å². The lowest BCUT2D eigenvalue weighted by atomic mass is 10.0. The van der Waals surface area contributed by atoms with Crippen LogP contribution in [0.4, 0.5) is 0 Å². The van der Waals surface area contributed by atoms with E-state index in [9.17, 15) is 0 Å². The quantitative estimate of drug-likeness (QED) is 0.233. The van der Waals surface area contributed by atoms with Gasteiger partial charge >= 0.3 is 0 Å².